The molecule has 0 atom stereocenters. The fourth-order valence-corrected chi connectivity index (χ4v) is 2.08. The van der Waals surface area contributed by atoms with Crippen LogP contribution in [0, 0.1) is 0 Å². The van der Waals surface area contributed by atoms with Gasteiger partial charge in [-0.05, 0) is 37.2 Å². The lowest BCUT2D eigenvalue weighted by atomic mass is 10.5. The maximum absolute atomic E-state index is 5.48. The van der Waals surface area contributed by atoms with Gasteiger partial charge in [-0.2, -0.15) is 15.0 Å². The highest BCUT2D eigenvalue weighted by molar-refractivity contribution is 7.99. The van der Waals surface area contributed by atoms with Crippen LogP contribution in [0.3, 0.4) is 0 Å². The third-order valence-electron chi connectivity index (χ3n) is 2.20. The minimum atomic E-state index is 0.344. The maximum Gasteiger partial charge on any atom is 0.322 e. The summed E-state index contributed by atoms with van der Waals surface area (Å²) < 4.78 is 5.48. The van der Waals surface area contributed by atoms with Crippen LogP contribution in [-0.4, -0.2) is 33.1 Å². The number of anilines is 1. The molecule has 1 N–H and O–H groups in total. The van der Waals surface area contributed by atoms with Crippen molar-refractivity contribution in [3.63, 3.8) is 0 Å². The Morgan fingerprint density at radius 3 is 2.80 bits per heavy atom. The van der Waals surface area contributed by atoms with Crippen LogP contribution in [0.4, 0.5) is 5.95 Å². The molecule has 7 heteroatoms. The third kappa shape index (κ3) is 4.34. The van der Waals surface area contributed by atoms with E-state index in [0.717, 1.165) is 18.0 Å². The van der Waals surface area contributed by atoms with Crippen LogP contribution in [0.15, 0.2) is 34.6 Å². The van der Waals surface area contributed by atoms with E-state index < -0.39 is 0 Å². The number of aromatic nitrogens is 4. The summed E-state index contributed by atoms with van der Waals surface area (Å²) in [5.41, 5.74) is 0. The Balaban J connectivity index is 2.19. The molecule has 0 spiro atoms. The van der Waals surface area contributed by atoms with Gasteiger partial charge in [-0.25, -0.2) is 4.98 Å². The lowest BCUT2D eigenvalue weighted by Gasteiger charge is -2.07. The minimum Gasteiger partial charge on any atom is -0.463 e. The average Bonchev–Trinajstić information content (AvgIpc) is 2.46. The predicted octanol–water partition coefficient (Wildman–Crippen LogP) is 2.64. The minimum absolute atomic E-state index is 0.344. The van der Waals surface area contributed by atoms with Gasteiger partial charge in [0.1, 0.15) is 5.03 Å². The highest BCUT2D eigenvalue weighted by atomic mass is 32.2. The molecule has 2 rings (SSSR count). The number of pyridine rings is 1. The van der Waals surface area contributed by atoms with Crippen LogP contribution in [-0.2, 0) is 0 Å². The van der Waals surface area contributed by atoms with Crippen LogP contribution in [0.2, 0.25) is 0 Å². The van der Waals surface area contributed by atoms with Gasteiger partial charge < -0.3 is 10.1 Å². The zero-order chi connectivity index (χ0) is 14.2. The van der Waals surface area contributed by atoms with Crippen molar-refractivity contribution in [1.82, 2.24) is 19.9 Å². The average molecular weight is 291 g/mol. The maximum atomic E-state index is 5.48. The zero-order valence-electron chi connectivity index (χ0n) is 11.5. The second-order valence-corrected chi connectivity index (χ2v) is 4.86. The molecule has 0 aliphatic carbocycles. The summed E-state index contributed by atoms with van der Waals surface area (Å²) in [5, 5.41) is 4.48. The van der Waals surface area contributed by atoms with Gasteiger partial charge >= 0.3 is 6.01 Å². The Morgan fingerprint density at radius 2 is 2.10 bits per heavy atom. The zero-order valence-corrected chi connectivity index (χ0v) is 12.4. The number of ether oxygens (including phenoxy) is 1. The molecule has 0 amide bonds. The summed E-state index contributed by atoms with van der Waals surface area (Å²) in [5.74, 6) is 0.520. The third-order valence-corrected chi connectivity index (χ3v) is 3.01. The molecule has 6 nitrogen and oxygen atoms in total. The molecular weight excluding hydrogens is 274 g/mol. The van der Waals surface area contributed by atoms with Crippen LogP contribution in [0.1, 0.15) is 20.3 Å². The molecule has 0 radical (unpaired) electrons. The molecule has 0 unspecified atom stereocenters. The van der Waals surface area contributed by atoms with Crippen molar-refractivity contribution in [3.8, 4) is 6.01 Å². The van der Waals surface area contributed by atoms with Gasteiger partial charge in [0.25, 0.3) is 0 Å². The lowest BCUT2D eigenvalue weighted by Crippen LogP contribution is -2.07. The van der Waals surface area contributed by atoms with E-state index in [-0.39, 0.29) is 0 Å². The number of nitrogens with zero attached hydrogens (tertiary/aromatic N) is 4. The molecule has 0 aromatic carbocycles. The Morgan fingerprint density at radius 1 is 1.20 bits per heavy atom. The summed E-state index contributed by atoms with van der Waals surface area (Å²) in [6.07, 6.45) is 2.65. The van der Waals surface area contributed by atoms with Crippen molar-refractivity contribution in [2.45, 2.75) is 30.5 Å². The van der Waals surface area contributed by atoms with Crippen molar-refractivity contribution in [2.75, 3.05) is 18.5 Å². The van der Waals surface area contributed by atoms with Crippen molar-refractivity contribution in [3.05, 3.63) is 24.4 Å². The summed E-state index contributed by atoms with van der Waals surface area (Å²) in [4.78, 5) is 17.1. The fraction of sp³-hybridized carbons (Fsp3) is 0.385. The topological polar surface area (TPSA) is 72.8 Å². The first-order valence-corrected chi connectivity index (χ1v) is 7.35. The molecule has 0 fully saturated rings. The summed E-state index contributed by atoms with van der Waals surface area (Å²) in [6.45, 7) is 5.35. The largest absolute Gasteiger partial charge is 0.463 e. The van der Waals surface area contributed by atoms with Gasteiger partial charge in [0.2, 0.25) is 11.1 Å². The van der Waals surface area contributed by atoms with Crippen LogP contribution in [0.5, 0.6) is 6.01 Å². The molecule has 0 saturated heterocycles. The van der Waals surface area contributed by atoms with E-state index in [1.165, 1.54) is 11.8 Å². The molecular formula is C13H17N5OS. The Bertz CT molecular complexity index is 538. The number of nitrogens with one attached hydrogen (secondary N) is 1. The molecule has 0 aliphatic heterocycles. The number of hydrogen-bond donors (Lipinski definition) is 1. The molecule has 0 bridgehead atoms. The van der Waals surface area contributed by atoms with Gasteiger partial charge in [-0.3, -0.25) is 0 Å². The first-order valence-electron chi connectivity index (χ1n) is 6.53. The smallest absolute Gasteiger partial charge is 0.322 e. The second kappa shape index (κ2) is 7.64. The van der Waals surface area contributed by atoms with Gasteiger partial charge in [0, 0.05) is 12.7 Å². The monoisotopic (exact) mass is 291 g/mol. The van der Waals surface area contributed by atoms with Crippen molar-refractivity contribution >= 4 is 17.7 Å². The quantitative estimate of drug-likeness (QED) is 0.840. The standard InChI is InChI=1S/C13H17N5OS/c1-3-9-19-12-16-11(14-4-2)17-13(18-12)20-10-7-5-6-8-15-10/h5-8H,3-4,9H2,1-2H3,(H,14,16,17,18). The highest BCUT2D eigenvalue weighted by Gasteiger charge is 2.09. The first-order chi connectivity index (χ1) is 9.81. The van der Waals surface area contributed by atoms with Crippen molar-refractivity contribution < 1.29 is 4.74 Å². The Hall–Kier alpha value is -1.89. The van der Waals surface area contributed by atoms with E-state index in [1.54, 1.807) is 6.20 Å². The van der Waals surface area contributed by atoms with E-state index in [2.05, 4.69) is 25.3 Å². The molecule has 106 valence electrons. The van der Waals surface area contributed by atoms with Crippen molar-refractivity contribution in [1.29, 1.82) is 0 Å². The SMILES string of the molecule is CCCOc1nc(NCC)nc(Sc2ccccn2)n1. The molecule has 2 heterocycles. The van der Waals surface area contributed by atoms with E-state index in [4.69, 9.17) is 4.74 Å². The van der Waals surface area contributed by atoms with Crippen molar-refractivity contribution in [2.24, 2.45) is 0 Å². The van der Waals surface area contributed by atoms with E-state index in [9.17, 15) is 0 Å². The Labute approximate surface area is 122 Å². The highest BCUT2D eigenvalue weighted by Crippen LogP contribution is 2.24. The molecule has 2 aromatic heterocycles. The number of hydrogen-bond acceptors (Lipinski definition) is 7. The first kappa shape index (κ1) is 14.5. The van der Waals surface area contributed by atoms with Crippen LogP contribution in [0.25, 0.3) is 0 Å². The molecule has 2 aromatic rings. The van der Waals surface area contributed by atoms with Gasteiger partial charge in [-0.15, -0.1) is 0 Å². The molecule has 0 aliphatic rings. The van der Waals surface area contributed by atoms with Gasteiger partial charge in [0.15, 0.2) is 0 Å². The summed E-state index contributed by atoms with van der Waals surface area (Å²) >= 11 is 1.38. The summed E-state index contributed by atoms with van der Waals surface area (Å²) in [6, 6.07) is 6.05. The second-order valence-electron chi connectivity index (χ2n) is 3.87. The van der Waals surface area contributed by atoms with Gasteiger partial charge in [0.05, 0.1) is 6.61 Å². The van der Waals surface area contributed by atoms with Crippen LogP contribution >= 0.6 is 11.8 Å². The number of rotatable bonds is 7. The Kier molecular flexibility index (Phi) is 5.55. The summed E-state index contributed by atoms with van der Waals surface area (Å²) in [7, 11) is 0. The lowest BCUT2D eigenvalue weighted by molar-refractivity contribution is 0.288. The molecule has 20 heavy (non-hydrogen) atoms. The van der Waals surface area contributed by atoms with E-state index in [1.807, 2.05) is 32.0 Å². The normalized spacial score (nSPS) is 10.3. The van der Waals surface area contributed by atoms with Crippen LogP contribution < -0.4 is 10.1 Å². The fourth-order valence-electron chi connectivity index (χ4n) is 1.38. The van der Waals surface area contributed by atoms with Gasteiger partial charge in [-0.1, -0.05) is 13.0 Å². The molecule has 0 saturated carbocycles. The predicted molar refractivity (Wildman–Crippen MR) is 78.1 cm³/mol. The van der Waals surface area contributed by atoms with E-state index in [0.29, 0.717) is 23.7 Å². The van der Waals surface area contributed by atoms with E-state index >= 15 is 0 Å².